The van der Waals surface area contributed by atoms with Gasteiger partial charge in [-0.25, -0.2) is 8.78 Å². The van der Waals surface area contributed by atoms with Crippen molar-refractivity contribution in [3.8, 4) is 11.1 Å². The lowest BCUT2D eigenvalue weighted by Gasteiger charge is -2.12. The maximum Gasteiger partial charge on any atom is 0.419 e. The smallest absolute Gasteiger partial charge is 0.316 e. The minimum Gasteiger partial charge on any atom is -0.316 e. The maximum absolute atomic E-state index is 13.6. The van der Waals surface area contributed by atoms with Gasteiger partial charge in [-0.05, 0) is 48.0 Å². The molecule has 0 unspecified atom stereocenters. The predicted molar refractivity (Wildman–Crippen MR) is 69.6 cm³/mol. The highest BCUT2D eigenvalue weighted by Gasteiger charge is 2.34. The summed E-state index contributed by atoms with van der Waals surface area (Å²) in [7, 11) is 1.65. The Morgan fingerprint density at radius 1 is 1.00 bits per heavy atom. The first-order valence-electron chi connectivity index (χ1n) is 6.13. The number of rotatable bonds is 3. The molecule has 2 aromatic rings. The molecule has 0 heterocycles. The molecular weight excluding hydrogens is 289 g/mol. The fourth-order valence-electron chi connectivity index (χ4n) is 2.09. The summed E-state index contributed by atoms with van der Waals surface area (Å²) in [4.78, 5) is 0. The van der Waals surface area contributed by atoms with Gasteiger partial charge in [0.15, 0.2) is 0 Å². The molecule has 0 atom stereocenters. The maximum atomic E-state index is 13.6. The third kappa shape index (κ3) is 3.39. The summed E-state index contributed by atoms with van der Waals surface area (Å²) in [6, 6.07) is 6.56. The Morgan fingerprint density at radius 2 is 1.71 bits per heavy atom. The third-order valence-corrected chi connectivity index (χ3v) is 3.02. The van der Waals surface area contributed by atoms with Crippen molar-refractivity contribution >= 4 is 0 Å². The predicted octanol–water partition coefficient (Wildman–Crippen LogP) is 4.37. The molecule has 1 N–H and O–H groups in total. The van der Waals surface area contributed by atoms with Crippen LogP contribution in [-0.2, 0) is 12.7 Å². The average Bonchev–Trinajstić information content (AvgIpc) is 2.37. The molecule has 0 fully saturated rings. The standard InChI is InChI=1S/C15H12F5N/c1-21-8-10-6-11(16)3-4-12(10)9-2-5-13(14(17)7-9)15(18,19)20/h2-7,21H,8H2,1H3. The second-order valence-corrected chi connectivity index (χ2v) is 4.52. The van der Waals surface area contributed by atoms with Crippen molar-refractivity contribution in [1.82, 2.24) is 5.32 Å². The summed E-state index contributed by atoms with van der Waals surface area (Å²) in [5.41, 5.74) is -0.0238. The van der Waals surface area contributed by atoms with Gasteiger partial charge in [0.25, 0.3) is 0 Å². The Bertz CT molecular complexity index is 649. The van der Waals surface area contributed by atoms with Crippen LogP contribution in [-0.4, -0.2) is 7.05 Å². The van der Waals surface area contributed by atoms with Crippen LogP contribution >= 0.6 is 0 Å². The first-order chi connectivity index (χ1) is 9.82. The van der Waals surface area contributed by atoms with Crippen LogP contribution in [0.15, 0.2) is 36.4 Å². The lowest BCUT2D eigenvalue weighted by atomic mass is 9.98. The van der Waals surface area contributed by atoms with E-state index in [-0.39, 0.29) is 5.56 Å². The van der Waals surface area contributed by atoms with Crippen molar-refractivity contribution in [1.29, 1.82) is 0 Å². The molecule has 0 aliphatic rings. The van der Waals surface area contributed by atoms with Gasteiger partial charge < -0.3 is 5.32 Å². The molecule has 1 nitrogen and oxygen atoms in total. The topological polar surface area (TPSA) is 12.0 Å². The van der Waals surface area contributed by atoms with E-state index in [1.807, 2.05) is 0 Å². The largest absolute Gasteiger partial charge is 0.419 e. The van der Waals surface area contributed by atoms with Gasteiger partial charge in [0.05, 0.1) is 5.56 Å². The SMILES string of the molecule is CNCc1cc(F)ccc1-c1ccc(C(F)(F)F)c(F)c1. The first-order valence-corrected chi connectivity index (χ1v) is 6.13. The molecule has 0 aliphatic heterocycles. The monoisotopic (exact) mass is 301 g/mol. The number of halogens is 5. The average molecular weight is 301 g/mol. The highest BCUT2D eigenvalue weighted by molar-refractivity contribution is 5.68. The molecule has 0 saturated heterocycles. The Balaban J connectivity index is 2.50. The zero-order valence-electron chi connectivity index (χ0n) is 11.1. The van der Waals surface area contributed by atoms with Crippen LogP contribution in [0, 0.1) is 11.6 Å². The van der Waals surface area contributed by atoms with Crippen LogP contribution in [0.5, 0.6) is 0 Å². The third-order valence-electron chi connectivity index (χ3n) is 3.02. The Labute approximate surface area is 118 Å². The van der Waals surface area contributed by atoms with Gasteiger partial charge in [-0.1, -0.05) is 12.1 Å². The van der Waals surface area contributed by atoms with Gasteiger partial charge >= 0.3 is 6.18 Å². The van der Waals surface area contributed by atoms with E-state index in [4.69, 9.17) is 0 Å². The molecule has 0 spiro atoms. The summed E-state index contributed by atoms with van der Waals surface area (Å²) >= 11 is 0. The Kier molecular flexibility index (Phi) is 4.27. The molecule has 0 aromatic heterocycles. The summed E-state index contributed by atoms with van der Waals surface area (Å²) in [5.74, 6) is -1.81. The molecule has 2 rings (SSSR count). The highest BCUT2D eigenvalue weighted by atomic mass is 19.4. The van der Waals surface area contributed by atoms with E-state index < -0.39 is 23.4 Å². The minimum atomic E-state index is -4.74. The van der Waals surface area contributed by atoms with Crippen molar-refractivity contribution in [2.24, 2.45) is 0 Å². The Hall–Kier alpha value is -1.95. The molecule has 2 aromatic carbocycles. The molecule has 21 heavy (non-hydrogen) atoms. The number of nitrogens with one attached hydrogen (secondary N) is 1. The number of alkyl halides is 3. The van der Waals surface area contributed by atoms with Crippen LogP contribution in [0.1, 0.15) is 11.1 Å². The van der Waals surface area contributed by atoms with Gasteiger partial charge in [-0.2, -0.15) is 13.2 Å². The van der Waals surface area contributed by atoms with Gasteiger partial charge in [-0.15, -0.1) is 0 Å². The van der Waals surface area contributed by atoms with Gasteiger partial charge in [-0.3, -0.25) is 0 Å². The normalized spacial score (nSPS) is 11.7. The summed E-state index contributed by atoms with van der Waals surface area (Å²) in [6.07, 6.45) is -4.74. The fraction of sp³-hybridized carbons (Fsp3) is 0.200. The second-order valence-electron chi connectivity index (χ2n) is 4.52. The molecule has 0 radical (unpaired) electrons. The molecule has 0 aliphatic carbocycles. The molecule has 0 amide bonds. The van der Waals surface area contributed by atoms with Crippen molar-refractivity contribution in [3.63, 3.8) is 0 Å². The van der Waals surface area contributed by atoms with E-state index in [1.165, 1.54) is 24.3 Å². The second kappa shape index (κ2) is 5.81. The van der Waals surface area contributed by atoms with E-state index in [0.29, 0.717) is 23.7 Å². The van der Waals surface area contributed by atoms with Crippen LogP contribution in [0.2, 0.25) is 0 Å². The number of hydrogen-bond acceptors (Lipinski definition) is 1. The number of hydrogen-bond donors (Lipinski definition) is 1. The molecule has 112 valence electrons. The zero-order chi connectivity index (χ0) is 15.6. The fourth-order valence-corrected chi connectivity index (χ4v) is 2.09. The van der Waals surface area contributed by atoms with Crippen LogP contribution in [0.25, 0.3) is 11.1 Å². The summed E-state index contributed by atoms with van der Waals surface area (Å²) in [6.45, 7) is 0.315. The van der Waals surface area contributed by atoms with E-state index in [2.05, 4.69) is 5.32 Å². The highest BCUT2D eigenvalue weighted by Crippen LogP contribution is 2.34. The lowest BCUT2D eigenvalue weighted by Crippen LogP contribution is -2.09. The van der Waals surface area contributed by atoms with Crippen molar-refractivity contribution in [3.05, 3.63) is 59.2 Å². The zero-order valence-corrected chi connectivity index (χ0v) is 11.1. The molecule has 6 heteroatoms. The van der Waals surface area contributed by atoms with Crippen LogP contribution in [0.4, 0.5) is 22.0 Å². The lowest BCUT2D eigenvalue weighted by molar-refractivity contribution is -0.139. The molecule has 0 saturated carbocycles. The van der Waals surface area contributed by atoms with Crippen LogP contribution < -0.4 is 5.32 Å². The number of benzene rings is 2. The van der Waals surface area contributed by atoms with E-state index >= 15 is 0 Å². The quantitative estimate of drug-likeness (QED) is 0.830. The van der Waals surface area contributed by atoms with E-state index in [0.717, 1.165) is 6.07 Å². The molecule has 0 bridgehead atoms. The van der Waals surface area contributed by atoms with E-state index in [1.54, 1.807) is 7.05 Å². The molecular formula is C15H12F5N. The Morgan fingerprint density at radius 3 is 2.29 bits per heavy atom. The first kappa shape index (κ1) is 15.4. The van der Waals surface area contributed by atoms with Gasteiger partial charge in [0, 0.05) is 6.54 Å². The van der Waals surface area contributed by atoms with Gasteiger partial charge in [0.1, 0.15) is 11.6 Å². The van der Waals surface area contributed by atoms with E-state index in [9.17, 15) is 22.0 Å². The summed E-state index contributed by atoms with van der Waals surface area (Å²) in [5, 5.41) is 2.83. The van der Waals surface area contributed by atoms with Crippen molar-refractivity contribution < 1.29 is 22.0 Å². The minimum absolute atomic E-state index is 0.269. The van der Waals surface area contributed by atoms with Crippen molar-refractivity contribution in [2.75, 3.05) is 7.05 Å². The summed E-state index contributed by atoms with van der Waals surface area (Å²) < 4.78 is 64.5. The van der Waals surface area contributed by atoms with Gasteiger partial charge in [0.2, 0.25) is 0 Å². The van der Waals surface area contributed by atoms with Crippen molar-refractivity contribution in [2.45, 2.75) is 12.7 Å². The van der Waals surface area contributed by atoms with Crippen LogP contribution in [0.3, 0.4) is 0 Å².